The summed E-state index contributed by atoms with van der Waals surface area (Å²) in [7, 11) is 1.60. The predicted octanol–water partition coefficient (Wildman–Crippen LogP) is 0.244. The maximum atomic E-state index is 11.3. The first-order valence-electron chi connectivity index (χ1n) is 4.71. The summed E-state index contributed by atoms with van der Waals surface area (Å²) in [6.07, 6.45) is 1.68. The van der Waals surface area contributed by atoms with Crippen molar-refractivity contribution in [3.8, 4) is 0 Å². The first kappa shape index (κ1) is 10.6. The van der Waals surface area contributed by atoms with Crippen LogP contribution in [-0.2, 0) is 11.5 Å². The van der Waals surface area contributed by atoms with Crippen LogP contribution in [0.25, 0.3) is 10.9 Å². The van der Waals surface area contributed by atoms with Crippen LogP contribution >= 0.6 is 0 Å². The molecule has 0 fully saturated rings. The number of carbonyl (C=O) groups excluding carboxylic acids is 1. The Balaban J connectivity index is 2.44. The summed E-state index contributed by atoms with van der Waals surface area (Å²) < 4.78 is 6.70. The van der Waals surface area contributed by atoms with Crippen molar-refractivity contribution in [3.05, 3.63) is 30.0 Å². The normalized spacial score (nSPS) is 10.6. The van der Waals surface area contributed by atoms with Gasteiger partial charge >= 0.3 is 0 Å². The second kappa shape index (κ2) is 4.30. The molecule has 1 heterocycles. The van der Waals surface area contributed by atoms with E-state index in [9.17, 15) is 4.79 Å². The standard InChI is InChI=1S/C10H12N4O2/c1-16-6-14-9-3-2-7(10(15)13-11)4-8(9)5-12-14/h2-5H,6,11H2,1H3,(H,13,15). The lowest BCUT2D eigenvalue weighted by Gasteiger charge is -2.02. The third kappa shape index (κ3) is 1.75. The molecule has 16 heavy (non-hydrogen) atoms. The van der Waals surface area contributed by atoms with Crippen LogP contribution in [0, 0.1) is 0 Å². The van der Waals surface area contributed by atoms with Gasteiger partial charge in [-0.25, -0.2) is 10.5 Å². The van der Waals surface area contributed by atoms with Crippen molar-refractivity contribution < 1.29 is 9.53 Å². The van der Waals surface area contributed by atoms with E-state index >= 15 is 0 Å². The Morgan fingerprint density at radius 2 is 2.44 bits per heavy atom. The van der Waals surface area contributed by atoms with Crippen LogP contribution in [0.3, 0.4) is 0 Å². The van der Waals surface area contributed by atoms with Gasteiger partial charge in [-0.05, 0) is 18.2 Å². The molecule has 1 amide bonds. The van der Waals surface area contributed by atoms with Crippen LogP contribution < -0.4 is 11.3 Å². The molecule has 0 spiro atoms. The number of nitrogens with one attached hydrogen (secondary N) is 1. The van der Waals surface area contributed by atoms with E-state index in [4.69, 9.17) is 10.6 Å². The van der Waals surface area contributed by atoms with Crippen LogP contribution in [0.2, 0.25) is 0 Å². The second-order valence-corrected chi connectivity index (χ2v) is 3.31. The molecule has 0 saturated heterocycles. The number of fused-ring (bicyclic) bond motifs is 1. The van der Waals surface area contributed by atoms with Gasteiger partial charge in [0.25, 0.3) is 5.91 Å². The van der Waals surface area contributed by atoms with E-state index in [0.717, 1.165) is 10.9 Å². The van der Waals surface area contributed by atoms with Gasteiger partial charge in [0.05, 0.1) is 11.7 Å². The molecule has 3 N–H and O–H groups in total. The number of carbonyl (C=O) groups is 1. The first-order valence-corrected chi connectivity index (χ1v) is 4.71. The van der Waals surface area contributed by atoms with Crippen LogP contribution in [0.15, 0.2) is 24.4 Å². The van der Waals surface area contributed by atoms with Crippen LogP contribution in [0.1, 0.15) is 10.4 Å². The van der Waals surface area contributed by atoms with Crippen molar-refractivity contribution in [3.63, 3.8) is 0 Å². The fourth-order valence-electron chi connectivity index (χ4n) is 1.54. The van der Waals surface area contributed by atoms with Gasteiger partial charge in [-0.15, -0.1) is 0 Å². The van der Waals surface area contributed by atoms with E-state index < -0.39 is 0 Å². The third-order valence-electron chi connectivity index (χ3n) is 2.29. The molecule has 0 aliphatic rings. The lowest BCUT2D eigenvalue weighted by atomic mass is 10.1. The Hall–Kier alpha value is -1.92. The lowest BCUT2D eigenvalue weighted by Crippen LogP contribution is -2.29. The zero-order valence-corrected chi connectivity index (χ0v) is 8.80. The van der Waals surface area contributed by atoms with Crippen molar-refractivity contribution in [2.24, 2.45) is 5.84 Å². The Kier molecular flexibility index (Phi) is 2.84. The summed E-state index contributed by atoms with van der Waals surface area (Å²) in [5, 5.41) is 5.01. The Morgan fingerprint density at radius 3 is 3.12 bits per heavy atom. The minimum Gasteiger partial charge on any atom is -0.362 e. The number of nitrogen functional groups attached to an aromatic ring is 1. The summed E-state index contributed by atoms with van der Waals surface area (Å²) in [5.74, 6) is 4.74. The molecule has 0 saturated carbocycles. The number of amides is 1. The third-order valence-corrected chi connectivity index (χ3v) is 2.29. The number of ether oxygens (including phenoxy) is 1. The highest BCUT2D eigenvalue weighted by molar-refractivity contribution is 5.97. The number of methoxy groups -OCH3 is 1. The SMILES string of the molecule is COCn1ncc2cc(C(=O)NN)ccc21. The molecule has 6 nitrogen and oxygen atoms in total. The molecular weight excluding hydrogens is 208 g/mol. The number of hydrogen-bond donors (Lipinski definition) is 2. The summed E-state index contributed by atoms with van der Waals surface area (Å²) in [6.45, 7) is 0.381. The summed E-state index contributed by atoms with van der Waals surface area (Å²) in [6, 6.07) is 5.24. The highest BCUT2D eigenvalue weighted by Crippen LogP contribution is 2.15. The van der Waals surface area contributed by atoms with E-state index in [1.165, 1.54) is 0 Å². The topological polar surface area (TPSA) is 82.2 Å². The smallest absolute Gasteiger partial charge is 0.265 e. The average Bonchev–Trinajstić information content (AvgIpc) is 2.71. The maximum absolute atomic E-state index is 11.3. The fourth-order valence-corrected chi connectivity index (χ4v) is 1.54. The first-order chi connectivity index (χ1) is 7.76. The molecule has 2 rings (SSSR count). The summed E-state index contributed by atoms with van der Waals surface area (Å²) in [4.78, 5) is 11.3. The minimum atomic E-state index is -0.318. The van der Waals surface area contributed by atoms with Gasteiger partial charge in [0.1, 0.15) is 6.73 Å². The van der Waals surface area contributed by atoms with Gasteiger partial charge in [0.2, 0.25) is 0 Å². The van der Waals surface area contributed by atoms with Gasteiger partial charge < -0.3 is 4.74 Å². The summed E-state index contributed by atoms with van der Waals surface area (Å²) in [5.41, 5.74) is 3.51. The molecule has 0 aliphatic heterocycles. The van der Waals surface area contributed by atoms with Crippen LogP contribution in [0.5, 0.6) is 0 Å². The average molecular weight is 220 g/mol. The van der Waals surface area contributed by atoms with Gasteiger partial charge in [-0.2, -0.15) is 5.10 Å². The molecular formula is C10H12N4O2. The molecule has 0 unspecified atom stereocenters. The number of nitrogens with two attached hydrogens (primary N) is 1. The number of hydrazine groups is 1. The Bertz CT molecular complexity index is 521. The van der Waals surface area contributed by atoms with Gasteiger partial charge in [-0.1, -0.05) is 0 Å². The van der Waals surface area contributed by atoms with Crippen molar-refractivity contribution in [2.45, 2.75) is 6.73 Å². The lowest BCUT2D eigenvalue weighted by molar-refractivity contribution is 0.0954. The van der Waals surface area contributed by atoms with E-state index in [1.54, 1.807) is 30.1 Å². The van der Waals surface area contributed by atoms with Crippen molar-refractivity contribution in [2.75, 3.05) is 7.11 Å². The number of benzene rings is 1. The molecule has 0 bridgehead atoms. The zero-order valence-electron chi connectivity index (χ0n) is 8.80. The summed E-state index contributed by atoms with van der Waals surface area (Å²) >= 11 is 0. The zero-order chi connectivity index (χ0) is 11.5. The molecule has 6 heteroatoms. The molecule has 0 aliphatic carbocycles. The van der Waals surface area contributed by atoms with E-state index in [1.807, 2.05) is 6.07 Å². The molecule has 0 radical (unpaired) electrons. The monoisotopic (exact) mass is 220 g/mol. The highest BCUT2D eigenvalue weighted by Gasteiger charge is 2.07. The highest BCUT2D eigenvalue weighted by atomic mass is 16.5. The fraction of sp³-hybridized carbons (Fsp3) is 0.200. The second-order valence-electron chi connectivity index (χ2n) is 3.31. The number of hydrogen-bond acceptors (Lipinski definition) is 4. The van der Waals surface area contributed by atoms with E-state index in [0.29, 0.717) is 12.3 Å². The van der Waals surface area contributed by atoms with E-state index in [2.05, 4.69) is 10.5 Å². The number of aromatic nitrogens is 2. The maximum Gasteiger partial charge on any atom is 0.265 e. The number of rotatable bonds is 3. The quantitative estimate of drug-likeness (QED) is 0.441. The molecule has 1 aromatic heterocycles. The van der Waals surface area contributed by atoms with Crippen molar-refractivity contribution in [1.82, 2.24) is 15.2 Å². The van der Waals surface area contributed by atoms with Crippen LogP contribution in [-0.4, -0.2) is 22.8 Å². The predicted molar refractivity (Wildman–Crippen MR) is 58.4 cm³/mol. The van der Waals surface area contributed by atoms with Gasteiger partial charge in [0, 0.05) is 18.1 Å². The molecule has 2 aromatic rings. The largest absolute Gasteiger partial charge is 0.362 e. The molecule has 1 aromatic carbocycles. The van der Waals surface area contributed by atoms with Gasteiger partial charge in [-0.3, -0.25) is 10.2 Å². The Morgan fingerprint density at radius 1 is 1.62 bits per heavy atom. The van der Waals surface area contributed by atoms with Crippen molar-refractivity contribution in [1.29, 1.82) is 0 Å². The van der Waals surface area contributed by atoms with Gasteiger partial charge in [0.15, 0.2) is 0 Å². The molecule has 84 valence electrons. The Labute approximate surface area is 92.0 Å². The number of nitrogens with zero attached hydrogens (tertiary/aromatic N) is 2. The minimum absolute atomic E-state index is 0.318. The van der Waals surface area contributed by atoms with E-state index in [-0.39, 0.29) is 5.91 Å². The van der Waals surface area contributed by atoms with Crippen LogP contribution in [0.4, 0.5) is 0 Å². The van der Waals surface area contributed by atoms with Crippen molar-refractivity contribution >= 4 is 16.8 Å². The molecule has 0 atom stereocenters.